The summed E-state index contributed by atoms with van der Waals surface area (Å²) in [6.07, 6.45) is 0.135. The Morgan fingerprint density at radius 3 is 2.29 bits per heavy atom. The number of Topliss-reactive ketones (excluding diaryl/α,β-unsaturated/α-hetero) is 1. The molecule has 2 aliphatic rings. The van der Waals surface area contributed by atoms with Gasteiger partial charge in [-0.3, -0.25) is 14.5 Å². The van der Waals surface area contributed by atoms with E-state index in [9.17, 15) is 18.8 Å². The molecule has 42 heavy (non-hydrogen) atoms. The highest BCUT2D eigenvalue weighted by Crippen LogP contribution is 2.51. The van der Waals surface area contributed by atoms with Gasteiger partial charge in [0.15, 0.2) is 5.78 Å². The van der Waals surface area contributed by atoms with E-state index in [1.807, 2.05) is 0 Å². The first-order valence-electron chi connectivity index (χ1n) is 13.1. The fraction of sp³-hybridized carbons (Fsp3) is 0.219. The zero-order valence-corrected chi connectivity index (χ0v) is 23.9. The number of ketones is 1. The molecule has 0 saturated heterocycles. The monoisotopic (exact) mass is 590 g/mol. The fourth-order valence-electron chi connectivity index (χ4n) is 5.83. The summed E-state index contributed by atoms with van der Waals surface area (Å²) in [6, 6.07) is 19.4. The Balaban J connectivity index is 1.82. The lowest BCUT2D eigenvalue weighted by Crippen LogP contribution is -2.46. The van der Waals surface area contributed by atoms with Gasteiger partial charge in [0.2, 0.25) is 0 Å². The quantitative estimate of drug-likeness (QED) is 0.307. The smallest absolute Gasteiger partial charge is 0.338 e. The summed E-state index contributed by atoms with van der Waals surface area (Å²) in [5.74, 6) is -4.97. The molecule has 10 heteroatoms. The van der Waals surface area contributed by atoms with E-state index in [2.05, 4.69) is 0 Å². The highest BCUT2D eigenvalue weighted by atomic mass is 35.5. The van der Waals surface area contributed by atoms with Gasteiger partial charge in [0.25, 0.3) is 0 Å². The van der Waals surface area contributed by atoms with Crippen molar-refractivity contribution in [2.75, 3.05) is 26.2 Å². The summed E-state index contributed by atoms with van der Waals surface area (Å²) in [6.45, 7) is 0. The van der Waals surface area contributed by atoms with E-state index in [-0.39, 0.29) is 23.4 Å². The van der Waals surface area contributed by atoms with Crippen LogP contribution in [0.2, 0.25) is 5.02 Å². The van der Waals surface area contributed by atoms with Crippen LogP contribution in [0.4, 0.5) is 10.1 Å². The maximum absolute atomic E-state index is 14.6. The Morgan fingerprint density at radius 2 is 1.67 bits per heavy atom. The second-order valence-corrected chi connectivity index (χ2v) is 10.3. The highest BCUT2D eigenvalue weighted by Gasteiger charge is 2.51. The molecule has 2 N–H and O–H groups in total. The molecule has 0 bridgehead atoms. The first kappa shape index (κ1) is 28.9. The van der Waals surface area contributed by atoms with E-state index in [1.54, 1.807) is 54.6 Å². The SMILES string of the molecule is COC(=O)C1=C(N)N(c2cccc(F)c2)C2=C(C(=O)[C@H](C(=O)OC)[C@@H](c3ccc(OC)cc3)C2)[C@H]1c1cccc(Cl)c1. The number of allylic oxidation sites excluding steroid dienone is 2. The summed E-state index contributed by atoms with van der Waals surface area (Å²) in [4.78, 5) is 42.7. The molecule has 1 heterocycles. The van der Waals surface area contributed by atoms with Crippen molar-refractivity contribution in [3.8, 4) is 5.75 Å². The van der Waals surface area contributed by atoms with Gasteiger partial charge < -0.3 is 19.9 Å². The normalized spacial score (nSPS) is 20.3. The van der Waals surface area contributed by atoms with Gasteiger partial charge in [0, 0.05) is 22.2 Å². The number of esters is 2. The maximum atomic E-state index is 14.6. The van der Waals surface area contributed by atoms with Crippen molar-refractivity contribution in [2.24, 2.45) is 11.7 Å². The number of ether oxygens (including phenoxy) is 3. The second kappa shape index (κ2) is 11.7. The number of hydrogen-bond acceptors (Lipinski definition) is 8. The van der Waals surface area contributed by atoms with Gasteiger partial charge in [-0.15, -0.1) is 0 Å². The van der Waals surface area contributed by atoms with Gasteiger partial charge in [-0.2, -0.15) is 0 Å². The molecule has 3 aromatic carbocycles. The van der Waals surface area contributed by atoms with Crippen LogP contribution in [0.3, 0.4) is 0 Å². The van der Waals surface area contributed by atoms with E-state index in [4.69, 9.17) is 31.5 Å². The van der Waals surface area contributed by atoms with E-state index >= 15 is 0 Å². The zero-order valence-electron chi connectivity index (χ0n) is 23.1. The minimum Gasteiger partial charge on any atom is -0.497 e. The number of nitrogens with zero attached hydrogens (tertiary/aromatic N) is 1. The van der Waals surface area contributed by atoms with Crippen molar-refractivity contribution in [1.82, 2.24) is 0 Å². The van der Waals surface area contributed by atoms with Crippen LogP contribution in [0, 0.1) is 11.7 Å². The van der Waals surface area contributed by atoms with Crippen molar-refractivity contribution in [2.45, 2.75) is 18.3 Å². The predicted molar refractivity (Wildman–Crippen MR) is 154 cm³/mol. The third-order valence-electron chi connectivity index (χ3n) is 7.69. The Bertz CT molecular complexity index is 1630. The first-order valence-corrected chi connectivity index (χ1v) is 13.5. The molecule has 1 aliphatic heterocycles. The minimum atomic E-state index is -1.24. The van der Waals surface area contributed by atoms with E-state index < -0.39 is 41.3 Å². The summed E-state index contributed by atoms with van der Waals surface area (Å²) in [7, 11) is 3.96. The topological polar surface area (TPSA) is 108 Å². The lowest BCUT2D eigenvalue weighted by molar-refractivity contribution is -0.150. The van der Waals surface area contributed by atoms with Gasteiger partial charge in [-0.25, -0.2) is 9.18 Å². The number of anilines is 1. The minimum absolute atomic E-state index is 0.0334. The molecular weight excluding hydrogens is 563 g/mol. The van der Waals surface area contributed by atoms with Crippen LogP contribution in [0.15, 0.2) is 95.5 Å². The third kappa shape index (κ3) is 5.00. The molecule has 0 unspecified atom stereocenters. The van der Waals surface area contributed by atoms with Crippen LogP contribution in [0.1, 0.15) is 29.4 Å². The number of carbonyl (C=O) groups is 3. The summed E-state index contributed by atoms with van der Waals surface area (Å²) in [5.41, 5.74) is 8.75. The molecule has 0 fully saturated rings. The summed E-state index contributed by atoms with van der Waals surface area (Å²) >= 11 is 6.34. The lowest BCUT2D eigenvalue weighted by atomic mass is 9.67. The van der Waals surface area contributed by atoms with Crippen LogP contribution < -0.4 is 15.4 Å². The number of rotatable bonds is 6. The van der Waals surface area contributed by atoms with Crippen LogP contribution in [-0.2, 0) is 23.9 Å². The maximum Gasteiger partial charge on any atom is 0.338 e. The van der Waals surface area contributed by atoms with Crippen LogP contribution in [-0.4, -0.2) is 39.1 Å². The molecule has 0 aromatic heterocycles. The standard InChI is InChI=1S/C32H28ClFN2O6/c1-40-22-12-10-17(11-13-22)23-16-24-27(29(37)26(23)31(38)41-2)25(18-6-4-7-19(33)14-18)28(32(39)42-3)30(35)36(24)21-9-5-8-20(34)15-21/h4-15,23,25-26H,16,35H2,1-3H3/t23-,25-,26-/m1/s1. The van der Waals surface area contributed by atoms with Crippen molar-refractivity contribution in [1.29, 1.82) is 0 Å². The molecular formula is C32H28ClFN2O6. The second-order valence-electron chi connectivity index (χ2n) is 9.90. The van der Waals surface area contributed by atoms with Crippen LogP contribution in [0.25, 0.3) is 0 Å². The largest absolute Gasteiger partial charge is 0.497 e. The van der Waals surface area contributed by atoms with Gasteiger partial charge >= 0.3 is 11.9 Å². The number of nitrogens with two attached hydrogens (primary N) is 1. The van der Waals surface area contributed by atoms with Gasteiger partial charge in [0.1, 0.15) is 23.3 Å². The van der Waals surface area contributed by atoms with E-state index in [1.165, 1.54) is 44.4 Å². The Hall–Kier alpha value is -4.63. The lowest BCUT2D eigenvalue weighted by Gasteiger charge is -2.44. The third-order valence-corrected chi connectivity index (χ3v) is 7.93. The first-order chi connectivity index (χ1) is 20.2. The number of halogens is 2. The van der Waals surface area contributed by atoms with E-state index in [0.29, 0.717) is 33.3 Å². The number of hydrogen-bond donors (Lipinski definition) is 1. The Labute approximate surface area is 247 Å². The molecule has 0 saturated carbocycles. The Morgan fingerprint density at radius 1 is 0.952 bits per heavy atom. The number of carbonyl (C=O) groups excluding carboxylic acids is 3. The predicted octanol–water partition coefficient (Wildman–Crippen LogP) is 5.23. The molecule has 0 radical (unpaired) electrons. The highest BCUT2D eigenvalue weighted by molar-refractivity contribution is 6.30. The van der Waals surface area contributed by atoms with Gasteiger partial charge in [-0.05, 0) is 60.0 Å². The number of methoxy groups -OCH3 is 3. The average Bonchev–Trinajstić information content (AvgIpc) is 2.99. The van der Waals surface area contributed by atoms with Crippen LogP contribution >= 0.6 is 11.6 Å². The van der Waals surface area contributed by atoms with Crippen molar-refractivity contribution >= 4 is 35.0 Å². The molecule has 5 rings (SSSR count). The Kier molecular flexibility index (Phi) is 8.04. The molecule has 1 aliphatic carbocycles. The van der Waals surface area contributed by atoms with E-state index in [0.717, 1.165) is 0 Å². The van der Waals surface area contributed by atoms with Crippen LogP contribution in [0.5, 0.6) is 5.75 Å². The van der Waals surface area contributed by atoms with Crippen molar-refractivity contribution in [3.63, 3.8) is 0 Å². The average molecular weight is 591 g/mol. The molecule has 3 atom stereocenters. The molecule has 0 amide bonds. The summed E-state index contributed by atoms with van der Waals surface area (Å²) < 4.78 is 30.1. The van der Waals surface area contributed by atoms with Gasteiger partial charge in [0.05, 0.1) is 38.5 Å². The molecule has 216 valence electrons. The fourth-order valence-corrected chi connectivity index (χ4v) is 6.03. The molecule has 8 nitrogen and oxygen atoms in total. The van der Waals surface area contributed by atoms with Crippen molar-refractivity contribution in [3.05, 3.63) is 117 Å². The zero-order chi connectivity index (χ0) is 30.1. The molecule has 3 aromatic rings. The molecule has 0 spiro atoms. The summed E-state index contributed by atoms with van der Waals surface area (Å²) in [5, 5.41) is 0.369. The number of benzene rings is 3. The van der Waals surface area contributed by atoms with Crippen molar-refractivity contribution < 1.29 is 33.0 Å². The van der Waals surface area contributed by atoms with Gasteiger partial charge in [-0.1, -0.05) is 41.9 Å².